The molecule has 0 bridgehead atoms. The van der Waals surface area contributed by atoms with E-state index in [1.807, 2.05) is 24.3 Å². The molecule has 33 heavy (non-hydrogen) atoms. The van der Waals surface area contributed by atoms with Crippen LogP contribution in [0.5, 0.6) is 0 Å². The van der Waals surface area contributed by atoms with E-state index in [1.54, 1.807) is 0 Å². The number of nitrogens with zero attached hydrogens (tertiary/aromatic N) is 2. The van der Waals surface area contributed by atoms with E-state index in [1.165, 1.54) is 22.3 Å². The third-order valence-corrected chi connectivity index (χ3v) is 5.35. The molecule has 2 atom stereocenters. The summed E-state index contributed by atoms with van der Waals surface area (Å²) in [7, 11) is 0. The molecule has 0 unspecified atom stereocenters. The molecule has 0 saturated carbocycles. The van der Waals surface area contributed by atoms with Crippen molar-refractivity contribution in [1.82, 2.24) is 0 Å². The second-order valence-electron chi connectivity index (χ2n) is 7.83. The third kappa shape index (κ3) is 9.93. The molecule has 0 fully saturated rings. The summed E-state index contributed by atoms with van der Waals surface area (Å²) in [6, 6.07) is 42.1. The van der Waals surface area contributed by atoms with Crippen molar-refractivity contribution >= 4 is 23.1 Å². The summed E-state index contributed by atoms with van der Waals surface area (Å²) in [6.07, 6.45) is 0. The van der Waals surface area contributed by atoms with Crippen molar-refractivity contribution in [3.63, 3.8) is 0 Å². The molecule has 2 nitrogen and oxygen atoms in total. The monoisotopic (exact) mass is 444 g/mol. The molecule has 3 heteroatoms. The van der Waals surface area contributed by atoms with Gasteiger partial charge in [-0.25, -0.2) is 0 Å². The van der Waals surface area contributed by atoms with E-state index in [4.69, 9.17) is 0 Å². The summed E-state index contributed by atoms with van der Waals surface area (Å²) in [5.41, 5.74) is 5.09. The first-order valence-corrected chi connectivity index (χ1v) is 11.2. The zero-order chi connectivity index (χ0) is 22.4. The molecule has 0 amide bonds. The largest absolute Gasteiger partial charge is 2.00 e. The van der Waals surface area contributed by atoms with Crippen LogP contribution in [0.25, 0.3) is 10.6 Å². The Hall–Kier alpha value is -2.43. The molecular formula is C30H32MgN2. The molecule has 0 aliphatic heterocycles. The van der Waals surface area contributed by atoms with Crippen LogP contribution in [0.3, 0.4) is 0 Å². The first kappa shape index (κ1) is 26.8. The van der Waals surface area contributed by atoms with Crippen molar-refractivity contribution in [2.24, 2.45) is 0 Å². The van der Waals surface area contributed by atoms with E-state index < -0.39 is 0 Å². The van der Waals surface area contributed by atoms with Crippen molar-refractivity contribution in [3.05, 3.63) is 154 Å². The van der Waals surface area contributed by atoms with E-state index in [0.717, 1.165) is 13.1 Å². The van der Waals surface area contributed by atoms with Gasteiger partial charge in [-0.15, -0.1) is 25.2 Å². The summed E-state index contributed by atoms with van der Waals surface area (Å²) in [5, 5.41) is 9.33. The summed E-state index contributed by atoms with van der Waals surface area (Å²) in [6.45, 7) is 5.85. The van der Waals surface area contributed by atoms with Gasteiger partial charge >= 0.3 is 23.1 Å². The Morgan fingerprint density at radius 1 is 0.455 bits per heavy atom. The van der Waals surface area contributed by atoms with Gasteiger partial charge in [0, 0.05) is 0 Å². The van der Waals surface area contributed by atoms with Gasteiger partial charge in [-0.1, -0.05) is 157 Å². The summed E-state index contributed by atoms with van der Waals surface area (Å²) < 4.78 is 0. The van der Waals surface area contributed by atoms with Crippen LogP contribution in [0.4, 0.5) is 0 Å². The van der Waals surface area contributed by atoms with E-state index in [-0.39, 0.29) is 35.1 Å². The van der Waals surface area contributed by atoms with Crippen molar-refractivity contribution in [2.45, 2.75) is 39.0 Å². The molecule has 0 saturated heterocycles. The van der Waals surface area contributed by atoms with Crippen LogP contribution in [-0.2, 0) is 13.1 Å². The normalized spacial score (nSPS) is 11.9. The molecule has 164 valence electrons. The molecule has 0 radical (unpaired) electrons. The molecule has 0 aliphatic rings. The molecule has 4 rings (SSSR count). The van der Waals surface area contributed by atoms with Gasteiger partial charge in [0.05, 0.1) is 0 Å². The Kier molecular flexibility index (Phi) is 12.5. The van der Waals surface area contributed by atoms with Gasteiger partial charge in [0.2, 0.25) is 0 Å². The zero-order valence-electron chi connectivity index (χ0n) is 19.7. The Balaban J connectivity index is 0.000000227. The van der Waals surface area contributed by atoms with Crippen LogP contribution >= 0.6 is 0 Å². The SMILES string of the molecule is C[C@@H]([N-]Cc1ccccc1)c1ccccc1.C[C@@H]([N-]Cc1ccccc1)c1ccccc1.[Mg+2]. The average Bonchev–Trinajstić information content (AvgIpc) is 2.88. The zero-order valence-corrected chi connectivity index (χ0v) is 21.1. The Labute approximate surface area is 215 Å². The van der Waals surface area contributed by atoms with Crippen molar-refractivity contribution < 1.29 is 0 Å². The maximum atomic E-state index is 4.66. The average molecular weight is 445 g/mol. The van der Waals surface area contributed by atoms with E-state index in [2.05, 4.69) is 122 Å². The Morgan fingerprint density at radius 2 is 0.727 bits per heavy atom. The number of hydrogen-bond donors (Lipinski definition) is 0. The maximum absolute atomic E-state index is 4.66. The fraction of sp³-hybridized carbons (Fsp3) is 0.200. The number of rotatable bonds is 8. The number of hydrogen-bond acceptors (Lipinski definition) is 0. The topological polar surface area (TPSA) is 28.2 Å². The van der Waals surface area contributed by atoms with Gasteiger partial charge in [0.1, 0.15) is 0 Å². The predicted molar refractivity (Wildman–Crippen MR) is 142 cm³/mol. The molecule has 4 aromatic rings. The van der Waals surface area contributed by atoms with Crippen LogP contribution in [0.2, 0.25) is 0 Å². The standard InChI is InChI=1S/2C15H16N.Mg/c2*1-13(15-10-6-3-7-11-15)16-12-14-8-4-2-5-9-14;/h2*2-11,13H,12H2,1H3;/q2*-1;+2/t2*13-;/m11./s1. The van der Waals surface area contributed by atoms with Crippen LogP contribution in [0.15, 0.2) is 121 Å². The molecule has 4 aromatic carbocycles. The second-order valence-corrected chi connectivity index (χ2v) is 7.83. The van der Waals surface area contributed by atoms with Gasteiger partial charge in [0.25, 0.3) is 0 Å². The minimum atomic E-state index is 0. The smallest absolute Gasteiger partial charge is 0.652 e. The summed E-state index contributed by atoms with van der Waals surface area (Å²) in [4.78, 5) is 0. The molecule has 0 aromatic heterocycles. The quantitative estimate of drug-likeness (QED) is 0.245. The van der Waals surface area contributed by atoms with Crippen LogP contribution in [0.1, 0.15) is 48.2 Å². The molecular weight excluding hydrogens is 413 g/mol. The van der Waals surface area contributed by atoms with Crippen molar-refractivity contribution in [1.29, 1.82) is 0 Å². The van der Waals surface area contributed by atoms with E-state index in [9.17, 15) is 0 Å². The summed E-state index contributed by atoms with van der Waals surface area (Å²) >= 11 is 0. The summed E-state index contributed by atoms with van der Waals surface area (Å²) in [5.74, 6) is 0. The van der Waals surface area contributed by atoms with Gasteiger partial charge in [-0.3, -0.25) is 0 Å². The first-order valence-electron chi connectivity index (χ1n) is 11.2. The molecule has 0 N–H and O–H groups in total. The van der Waals surface area contributed by atoms with Crippen LogP contribution < -0.4 is 0 Å². The third-order valence-electron chi connectivity index (χ3n) is 5.35. The van der Waals surface area contributed by atoms with Crippen LogP contribution in [-0.4, -0.2) is 23.1 Å². The first-order chi connectivity index (χ1) is 15.7. The van der Waals surface area contributed by atoms with Gasteiger partial charge in [0.15, 0.2) is 0 Å². The van der Waals surface area contributed by atoms with E-state index in [0.29, 0.717) is 0 Å². The predicted octanol–water partition coefficient (Wildman–Crippen LogP) is 8.26. The van der Waals surface area contributed by atoms with Crippen LogP contribution in [0, 0.1) is 0 Å². The molecule has 0 heterocycles. The second kappa shape index (κ2) is 15.4. The fourth-order valence-electron chi connectivity index (χ4n) is 3.33. The Bertz CT molecular complexity index is 907. The van der Waals surface area contributed by atoms with Gasteiger partial charge in [-0.2, -0.15) is 0 Å². The van der Waals surface area contributed by atoms with Crippen molar-refractivity contribution in [2.75, 3.05) is 0 Å². The van der Waals surface area contributed by atoms with E-state index >= 15 is 0 Å². The molecule has 0 aliphatic carbocycles. The Morgan fingerprint density at radius 3 is 1.03 bits per heavy atom. The van der Waals surface area contributed by atoms with Gasteiger partial charge < -0.3 is 10.6 Å². The molecule has 0 spiro atoms. The fourth-order valence-corrected chi connectivity index (χ4v) is 3.33. The maximum Gasteiger partial charge on any atom is 2.00 e. The van der Waals surface area contributed by atoms with Crippen molar-refractivity contribution in [3.8, 4) is 0 Å². The minimum Gasteiger partial charge on any atom is -0.652 e. The minimum absolute atomic E-state index is 0. The van der Waals surface area contributed by atoms with Gasteiger partial charge in [-0.05, 0) is 0 Å². The number of benzene rings is 4.